The quantitative estimate of drug-likeness (QED) is 0.343. The van der Waals surface area contributed by atoms with Crippen molar-refractivity contribution in [2.24, 2.45) is 5.73 Å². The van der Waals surface area contributed by atoms with Crippen molar-refractivity contribution in [2.45, 2.75) is 13.2 Å². The molecular formula is C27H21ClN2O2. The predicted molar refractivity (Wildman–Crippen MR) is 129 cm³/mol. The average Bonchev–Trinajstić information content (AvgIpc) is 3.14. The van der Waals surface area contributed by atoms with E-state index in [2.05, 4.69) is 4.57 Å². The molecule has 0 bridgehead atoms. The van der Waals surface area contributed by atoms with Crippen molar-refractivity contribution in [3.8, 4) is 5.75 Å². The minimum atomic E-state index is -0.449. The number of amides is 1. The number of rotatable bonds is 6. The topological polar surface area (TPSA) is 57.2 Å². The minimum Gasteiger partial charge on any atom is -0.489 e. The van der Waals surface area contributed by atoms with E-state index in [9.17, 15) is 4.79 Å². The number of carbonyl (C=O) groups is 1. The first-order valence-corrected chi connectivity index (χ1v) is 10.7. The molecule has 4 nitrogen and oxygen atoms in total. The first-order chi connectivity index (χ1) is 15.6. The van der Waals surface area contributed by atoms with Crippen molar-refractivity contribution in [3.63, 3.8) is 0 Å². The highest BCUT2D eigenvalue weighted by atomic mass is 35.5. The molecule has 1 heterocycles. The van der Waals surface area contributed by atoms with E-state index in [1.54, 1.807) is 6.07 Å². The van der Waals surface area contributed by atoms with Gasteiger partial charge in [-0.25, -0.2) is 0 Å². The van der Waals surface area contributed by atoms with Gasteiger partial charge in [-0.3, -0.25) is 4.79 Å². The molecule has 5 heteroatoms. The first-order valence-electron chi connectivity index (χ1n) is 10.4. The van der Waals surface area contributed by atoms with Crippen LogP contribution < -0.4 is 10.5 Å². The number of halogens is 1. The fourth-order valence-corrected chi connectivity index (χ4v) is 4.42. The summed E-state index contributed by atoms with van der Waals surface area (Å²) in [5, 5.41) is 2.39. The second kappa shape index (κ2) is 8.40. The Balaban J connectivity index is 1.50. The molecule has 0 aliphatic carbocycles. The van der Waals surface area contributed by atoms with Crippen molar-refractivity contribution in [1.29, 1.82) is 0 Å². The van der Waals surface area contributed by atoms with Gasteiger partial charge in [-0.05, 0) is 41.5 Å². The van der Waals surface area contributed by atoms with Gasteiger partial charge in [0.25, 0.3) is 0 Å². The Bertz CT molecular complexity index is 1420. The molecule has 0 atom stereocenters. The molecule has 0 radical (unpaired) electrons. The summed E-state index contributed by atoms with van der Waals surface area (Å²) in [6, 6.07) is 29.5. The molecule has 0 saturated carbocycles. The van der Waals surface area contributed by atoms with E-state index in [0.29, 0.717) is 23.7 Å². The highest BCUT2D eigenvalue weighted by molar-refractivity contribution is 6.37. The van der Waals surface area contributed by atoms with E-state index in [1.807, 2.05) is 84.9 Å². The lowest BCUT2D eigenvalue weighted by Crippen LogP contribution is -2.11. The Hall–Kier alpha value is -3.76. The van der Waals surface area contributed by atoms with Gasteiger partial charge in [-0.15, -0.1) is 0 Å². The number of nitrogens with two attached hydrogens (primary N) is 1. The van der Waals surface area contributed by atoms with E-state index in [1.165, 1.54) is 0 Å². The molecule has 2 N–H and O–H groups in total. The van der Waals surface area contributed by atoms with Crippen LogP contribution in [0, 0.1) is 0 Å². The molecule has 158 valence electrons. The lowest BCUT2D eigenvalue weighted by atomic mass is 10.1. The molecule has 0 fully saturated rings. The van der Waals surface area contributed by atoms with Gasteiger partial charge in [0.1, 0.15) is 12.4 Å². The van der Waals surface area contributed by atoms with Crippen LogP contribution in [0.1, 0.15) is 21.5 Å². The fraction of sp³-hybridized carbons (Fsp3) is 0.0741. The zero-order chi connectivity index (χ0) is 22.1. The zero-order valence-electron chi connectivity index (χ0n) is 17.3. The van der Waals surface area contributed by atoms with E-state index < -0.39 is 5.91 Å². The van der Waals surface area contributed by atoms with Crippen LogP contribution >= 0.6 is 11.6 Å². The van der Waals surface area contributed by atoms with Crippen LogP contribution in [0.5, 0.6) is 5.75 Å². The standard InChI is InChI=1S/C27H21ClN2O2/c28-23-10-4-8-21-25-22(27(29)31)9-5-11-24(25)30(26(21)23)16-18-12-14-20(15-13-18)32-17-19-6-2-1-3-7-19/h1-15H,16-17H2,(H2,29,31). The number of ether oxygens (including phenoxy) is 1. The predicted octanol–water partition coefficient (Wildman–Crippen LogP) is 6.17. The largest absolute Gasteiger partial charge is 0.489 e. The second-order valence-corrected chi connectivity index (χ2v) is 8.11. The molecule has 1 aromatic heterocycles. The SMILES string of the molecule is NC(=O)c1cccc2c1c1cccc(Cl)c1n2Cc1ccc(OCc2ccccc2)cc1. The fourth-order valence-electron chi connectivity index (χ4n) is 4.14. The maximum Gasteiger partial charge on any atom is 0.249 e. The molecule has 0 unspecified atom stereocenters. The minimum absolute atomic E-state index is 0.449. The van der Waals surface area contributed by atoms with E-state index >= 15 is 0 Å². The van der Waals surface area contributed by atoms with Crippen LogP contribution in [0.4, 0.5) is 0 Å². The summed E-state index contributed by atoms with van der Waals surface area (Å²) < 4.78 is 8.04. The lowest BCUT2D eigenvalue weighted by Gasteiger charge is -2.11. The van der Waals surface area contributed by atoms with Crippen LogP contribution in [-0.2, 0) is 13.2 Å². The lowest BCUT2D eigenvalue weighted by molar-refractivity contribution is 0.100. The summed E-state index contributed by atoms with van der Waals surface area (Å²) in [7, 11) is 0. The highest BCUT2D eigenvalue weighted by Gasteiger charge is 2.18. The molecule has 5 rings (SSSR count). The summed E-state index contributed by atoms with van der Waals surface area (Å²) in [6.45, 7) is 1.13. The Morgan fingerprint density at radius 3 is 2.34 bits per heavy atom. The summed E-state index contributed by atoms with van der Waals surface area (Å²) >= 11 is 6.60. The normalized spacial score (nSPS) is 11.2. The molecule has 4 aromatic carbocycles. The van der Waals surface area contributed by atoms with Crippen LogP contribution in [0.15, 0.2) is 91.0 Å². The third-order valence-corrected chi connectivity index (χ3v) is 5.94. The maximum atomic E-state index is 12.1. The van der Waals surface area contributed by atoms with Gasteiger partial charge >= 0.3 is 0 Å². The highest BCUT2D eigenvalue weighted by Crippen LogP contribution is 2.36. The van der Waals surface area contributed by atoms with Crippen LogP contribution in [0.25, 0.3) is 21.8 Å². The number of hydrogen-bond acceptors (Lipinski definition) is 2. The molecule has 0 spiro atoms. The number of nitrogens with zero attached hydrogens (tertiary/aromatic N) is 1. The third kappa shape index (κ3) is 3.70. The van der Waals surface area contributed by atoms with Gasteiger partial charge in [0.2, 0.25) is 5.91 Å². The number of para-hydroxylation sites is 1. The third-order valence-electron chi connectivity index (χ3n) is 5.64. The number of aromatic nitrogens is 1. The Labute approximate surface area is 190 Å². The molecule has 32 heavy (non-hydrogen) atoms. The summed E-state index contributed by atoms with van der Waals surface area (Å²) in [4.78, 5) is 12.1. The maximum absolute atomic E-state index is 12.1. The Kier molecular flexibility index (Phi) is 5.29. The number of primary amides is 1. The Morgan fingerprint density at radius 2 is 1.59 bits per heavy atom. The zero-order valence-corrected chi connectivity index (χ0v) is 18.0. The van der Waals surface area contributed by atoms with E-state index in [0.717, 1.165) is 38.7 Å². The van der Waals surface area contributed by atoms with Crippen molar-refractivity contribution < 1.29 is 9.53 Å². The second-order valence-electron chi connectivity index (χ2n) is 7.70. The van der Waals surface area contributed by atoms with Crippen molar-refractivity contribution in [1.82, 2.24) is 4.57 Å². The van der Waals surface area contributed by atoms with E-state index in [-0.39, 0.29) is 0 Å². The molecule has 0 aliphatic rings. The van der Waals surface area contributed by atoms with Gasteiger partial charge in [-0.2, -0.15) is 0 Å². The van der Waals surface area contributed by atoms with Gasteiger partial charge in [0, 0.05) is 22.9 Å². The van der Waals surface area contributed by atoms with Gasteiger partial charge < -0.3 is 15.0 Å². The monoisotopic (exact) mass is 440 g/mol. The van der Waals surface area contributed by atoms with Crippen LogP contribution in [-0.4, -0.2) is 10.5 Å². The van der Waals surface area contributed by atoms with Crippen LogP contribution in [0.2, 0.25) is 5.02 Å². The van der Waals surface area contributed by atoms with Crippen LogP contribution in [0.3, 0.4) is 0 Å². The smallest absolute Gasteiger partial charge is 0.249 e. The van der Waals surface area contributed by atoms with Crippen molar-refractivity contribution in [2.75, 3.05) is 0 Å². The molecule has 0 aliphatic heterocycles. The number of carbonyl (C=O) groups excluding carboxylic acids is 1. The average molecular weight is 441 g/mol. The summed E-state index contributed by atoms with van der Waals surface area (Å²) in [5.41, 5.74) is 10.2. The number of fused-ring (bicyclic) bond motifs is 3. The molecule has 5 aromatic rings. The Morgan fingerprint density at radius 1 is 0.844 bits per heavy atom. The number of benzene rings is 4. The van der Waals surface area contributed by atoms with Gasteiger partial charge in [-0.1, -0.05) is 72.3 Å². The molecular weight excluding hydrogens is 420 g/mol. The van der Waals surface area contributed by atoms with E-state index in [4.69, 9.17) is 22.1 Å². The molecule has 1 amide bonds. The molecule has 0 saturated heterocycles. The first kappa shape index (κ1) is 20.2. The van der Waals surface area contributed by atoms with Gasteiger partial charge in [0.15, 0.2) is 0 Å². The summed E-state index contributed by atoms with van der Waals surface area (Å²) in [6.07, 6.45) is 0. The number of hydrogen-bond donors (Lipinski definition) is 1. The van der Waals surface area contributed by atoms with Gasteiger partial charge in [0.05, 0.1) is 16.1 Å². The van der Waals surface area contributed by atoms with Crippen molar-refractivity contribution >= 4 is 39.3 Å². The van der Waals surface area contributed by atoms with Crippen molar-refractivity contribution in [3.05, 3.63) is 113 Å². The summed E-state index contributed by atoms with van der Waals surface area (Å²) in [5.74, 6) is 0.364.